The molecule has 2 aromatic carbocycles. The van der Waals surface area contributed by atoms with Crippen molar-refractivity contribution < 1.29 is 0 Å². The average Bonchev–Trinajstić information content (AvgIpc) is 2.39. The molecule has 0 aliphatic rings. The molecule has 3 heteroatoms. The number of rotatable bonds is 3. The zero-order valence-electron chi connectivity index (χ0n) is 10.2. The SMILES string of the molecule is Cc1ccccc1CSc1ccc(N)c(C#N)c1. The molecular formula is C15H14N2S. The van der Waals surface area contributed by atoms with Gasteiger partial charge in [-0.1, -0.05) is 24.3 Å². The third-order valence-electron chi connectivity index (χ3n) is 2.80. The van der Waals surface area contributed by atoms with Gasteiger partial charge in [-0.3, -0.25) is 0 Å². The summed E-state index contributed by atoms with van der Waals surface area (Å²) in [6.45, 7) is 2.11. The van der Waals surface area contributed by atoms with Gasteiger partial charge in [0.05, 0.1) is 5.56 Å². The average molecular weight is 254 g/mol. The normalized spacial score (nSPS) is 10.0. The van der Waals surface area contributed by atoms with Gasteiger partial charge in [0.2, 0.25) is 0 Å². The van der Waals surface area contributed by atoms with Crippen LogP contribution in [0.15, 0.2) is 47.4 Å². The van der Waals surface area contributed by atoms with Crippen LogP contribution < -0.4 is 5.73 Å². The highest BCUT2D eigenvalue weighted by molar-refractivity contribution is 7.98. The number of nitrogen functional groups attached to an aromatic ring is 1. The number of hydrogen-bond donors (Lipinski definition) is 1. The molecule has 0 aliphatic heterocycles. The number of nitriles is 1. The molecule has 0 amide bonds. The maximum atomic E-state index is 8.93. The predicted octanol–water partition coefficient (Wildman–Crippen LogP) is 3.74. The summed E-state index contributed by atoms with van der Waals surface area (Å²) >= 11 is 1.72. The minimum atomic E-state index is 0.540. The van der Waals surface area contributed by atoms with Crippen LogP contribution in [0.5, 0.6) is 0 Å². The Kier molecular flexibility index (Phi) is 3.91. The van der Waals surface area contributed by atoms with Crippen molar-refractivity contribution in [1.82, 2.24) is 0 Å². The van der Waals surface area contributed by atoms with Gasteiger partial charge in [0, 0.05) is 16.3 Å². The molecule has 0 fully saturated rings. The van der Waals surface area contributed by atoms with Crippen molar-refractivity contribution in [2.75, 3.05) is 5.73 Å². The lowest BCUT2D eigenvalue weighted by Gasteiger charge is -2.06. The number of aryl methyl sites for hydroxylation is 1. The Morgan fingerprint density at radius 2 is 2.00 bits per heavy atom. The van der Waals surface area contributed by atoms with Gasteiger partial charge >= 0.3 is 0 Å². The van der Waals surface area contributed by atoms with E-state index in [4.69, 9.17) is 11.0 Å². The van der Waals surface area contributed by atoms with Crippen molar-refractivity contribution in [2.24, 2.45) is 0 Å². The van der Waals surface area contributed by atoms with E-state index in [1.807, 2.05) is 24.3 Å². The summed E-state index contributed by atoms with van der Waals surface area (Å²) in [6, 6.07) is 16.0. The molecular weight excluding hydrogens is 240 g/mol. The molecule has 0 saturated carbocycles. The van der Waals surface area contributed by atoms with Gasteiger partial charge in [0.25, 0.3) is 0 Å². The van der Waals surface area contributed by atoms with Crippen LogP contribution >= 0.6 is 11.8 Å². The highest BCUT2D eigenvalue weighted by Gasteiger charge is 2.02. The molecule has 2 aromatic rings. The molecule has 0 bridgehead atoms. The van der Waals surface area contributed by atoms with Crippen molar-refractivity contribution in [1.29, 1.82) is 5.26 Å². The van der Waals surface area contributed by atoms with E-state index in [-0.39, 0.29) is 0 Å². The smallest absolute Gasteiger partial charge is 0.101 e. The lowest BCUT2D eigenvalue weighted by atomic mass is 10.1. The molecule has 0 saturated heterocycles. The molecule has 0 heterocycles. The molecule has 0 aliphatic carbocycles. The molecule has 2 nitrogen and oxygen atoms in total. The number of nitrogens with zero attached hydrogens (tertiary/aromatic N) is 1. The quantitative estimate of drug-likeness (QED) is 0.670. The van der Waals surface area contributed by atoms with Crippen LogP contribution in [0.4, 0.5) is 5.69 Å². The standard InChI is InChI=1S/C15H14N2S/c1-11-4-2-3-5-12(11)10-18-14-6-7-15(17)13(8-14)9-16/h2-8H,10,17H2,1H3. The lowest BCUT2D eigenvalue weighted by molar-refractivity contribution is 1.30. The van der Waals surface area contributed by atoms with Crippen LogP contribution in [-0.2, 0) is 5.75 Å². The largest absolute Gasteiger partial charge is 0.398 e. The van der Waals surface area contributed by atoms with Crippen LogP contribution in [-0.4, -0.2) is 0 Å². The Morgan fingerprint density at radius 1 is 1.22 bits per heavy atom. The monoisotopic (exact) mass is 254 g/mol. The maximum absolute atomic E-state index is 8.93. The topological polar surface area (TPSA) is 49.8 Å². The highest BCUT2D eigenvalue weighted by atomic mass is 32.2. The molecule has 2 N–H and O–H groups in total. The Morgan fingerprint density at radius 3 is 2.72 bits per heavy atom. The second-order valence-electron chi connectivity index (χ2n) is 4.08. The fourth-order valence-corrected chi connectivity index (χ4v) is 2.67. The van der Waals surface area contributed by atoms with E-state index in [0.29, 0.717) is 11.3 Å². The summed E-state index contributed by atoms with van der Waals surface area (Å²) in [5.74, 6) is 0.904. The molecule has 0 spiro atoms. The first kappa shape index (κ1) is 12.5. The van der Waals surface area contributed by atoms with E-state index in [9.17, 15) is 0 Å². The minimum absolute atomic E-state index is 0.540. The first-order valence-corrected chi connectivity index (χ1v) is 6.66. The Bertz CT molecular complexity index is 600. The minimum Gasteiger partial charge on any atom is -0.398 e. The van der Waals surface area contributed by atoms with Gasteiger partial charge in [-0.2, -0.15) is 5.26 Å². The van der Waals surface area contributed by atoms with Gasteiger partial charge in [-0.15, -0.1) is 11.8 Å². The molecule has 0 radical (unpaired) electrons. The van der Waals surface area contributed by atoms with Gasteiger partial charge < -0.3 is 5.73 Å². The van der Waals surface area contributed by atoms with E-state index in [0.717, 1.165) is 10.6 Å². The molecule has 18 heavy (non-hydrogen) atoms. The van der Waals surface area contributed by atoms with Gasteiger partial charge in [-0.05, 0) is 36.2 Å². The lowest BCUT2D eigenvalue weighted by Crippen LogP contribution is -1.90. The van der Waals surface area contributed by atoms with E-state index in [1.54, 1.807) is 17.8 Å². The van der Waals surface area contributed by atoms with Crippen molar-refractivity contribution in [3.8, 4) is 6.07 Å². The summed E-state index contributed by atoms with van der Waals surface area (Å²) in [6.07, 6.45) is 0. The maximum Gasteiger partial charge on any atom is 0.101 e. The number of benzene rings is 2. The van der Waals surface area contributed by atoms with E-state index in [1.165, 1.54) is 11.1 Å². The van der Waals surface area contributed by atoms with Crippen molar-refractivity contribution in [3.05, 3.63) is 59.2 Å². The van der Waals surface area contributed by atoms with E-state index in [2.05, 4.69) is 25.1 Å². The molecule has 0 atom stereocenters. The van der Waals surface area contributed by atoms with Crippen LogP contribution in [0.25, 0.3) is 0 Å². The summed E-state index contributed by atoms with van der Waals surface area (Å²) in [7, 11) is 0. The fraction of sp³-hybridized carbons (Fsp3) is 0.133. The van der Waals surface area contributed by atoms with Crippen molar-refractivity contribution >= 4 is 17.4 Å². The van der Waals surface area contributed by atoms with Gasteiger partial charge in [0.15, 0.2) is 0 Å². The highest BCUT2D eigenvalue weighted by Crippen LogP contribution is 2.26. The summed E-state index contributed by atoms with van der Waals surface area (Å²) in [5.41, 5.74) is 9.40. The van der Waals surface area contributed by atoms with Gasteiger partial charge in [0.1, 0.15) is 6.07 Å². The molecule has 90 valence electrons. The van der Waals surface area contributed by atoms with Crippen molar-refractivity contribution in [3.63, 3.8) is 0 Å². The van der Waals surface area contributed by atoms with Crippen molar-refractivity contribution in [2.45, 2.75) is 17.6 Å². The third-order valence-corrected chi connectivity index (χ3v) is 3.84. The van der Waals surface area contributed by atoms with E-state index < -0.39 is 0 Å². The van der Waals surface area contributed by atoms with Crippen LogP contribution in [0, 0.1) is 18.3 Å². The summed E-state index contributed by atoms with van der Waals surface area (Å²) < 4.78 is 0. The molecule has 0 unspecified atom stereocenters. The number of nitrogens with two attached hydrogens (primary N) is 1. The first-order chi connectivity index (χ1) is 8.70. The van der Waals surface area contributed by atoms with E-state index >= 15 is 0 Å². The number of thioether (sulfide) groups is 1. The Balaban J connectivity index is 2.12. The predicted molar refractivity (Wildman–Crippen MR) is 76.3 cm³/mol. The summed E-state index contributed by atoms with van der Waals surface area (Å²) in [4.78, 5) is 1.07. The second kappa shape index (κ2) is 5.61. The number of anilines is 1. The van der Waals surface area contributed by atoms with Gasteiger partial charge in [-0.25, -0.2) is 0 Å². The number of hydrogen-bond acceptors (Lipinski definition) is 3. The van der Waals surface area contributed by atoms with Crippen LogP contribution in [0.2, 0.25) is 0 Å². The second-order valence-corrected chi connectivity index (χ2v) is 5.12. The third kappa shape index (κ3) is 2.85. The van der Waals surface area contributed by atoms with Crippen LogP contribution in [0.3, 0.4) is 0 Å². The zero-order valence-corrected chi connectivity index (χ0v) is 11.0. The zero-order chi connectivity index (χ0) is 13.0. The molecule has 0 aromatic heterocycles. The fourth-order valence-electron chi connectivity index (χ4n) is 1.66. The first-order valence-electron chi connectivity index (χ1n) is 5.67. The van der Waals surface area contributed by atoms with Crippen LogP contribution in [0.1, 0.15) is 16.7 Å². The summed E-state index contributed by atoms with van der Waals surface area (Å²) in [5, 5.41) is 8.93. The Hall–Kier alpha value is -1.92. The Labute approximate surface area is 111 Å². The molecule has 2 rings (SSSR count).